The second-order valence-electron chi connectivity index (χ2n) is 4.05. The summed E-state index contributed by atoms with van der Waals surface area (Å²) >= 11 is 3.33. The fraction of sp³-hybridized carbons (Fsp3) is 0.462. The van der Waals surface area contributed by atoms with E-state index in [2.05, 4.69) is 15.9 Å². The van der Waals surface area contributed by atoms with E-state index in [4.69, 9.17) is 14.2 Å². The van der Waals surface area contributed by atoms with Crippen LogP contribution in [0.4, 0.5) is 0 Å². The van der Waals surface area contributed by atoms with Crippen molar-refractivity contribution in [2.24, 2.45) is 0 Å². The van der Waals surface area contributed by atoms with E-state index in [-0.39, 0.29) is 6.29 Å². The summed E-state index contributed by atoms with van der Waals surface area (Å²) in [5.74, 6) is 1.13. The summed E-state index contributed by atoms with van der Waals surface area (Å²) in [5, 5.41) is 0. The molecule has 18 heavy (non-hydrogen) atoms. The van der Waals surface area contributed by atoms with Gasteiger partial charge in [-0.05, 0) is 34.8 Å². The predicted octanol–water partition coefficient (Wildman–Crippen LogP) is 3.18. The summed E-state index contributed by atoms with van der Waals surface area (Å²) in [6, 6.07) is 3.46. The molecule has 0 aromatic heterocycles. The Labute approximate surface area is 114 Å². The van der Waals surface area contributed by atoms with Gasteiger partial charge in [-0.1, -0.05) is 0 Å². The third-order valence-electron chi connectivity index (χ3n) is 2.81. The van der Waals surface area contributed by atoms with E-state index in [1.165, 1.54) is 7.11 Å². The minimum absolute atomic E-state index is 0.211. The van der Waals surface area contributed by atoms with Gasteiger partial charge in [0.1, 0.15) is 11.5 Å². The summed E-state index contributed by atoms with van der Waals surface area (Å²) in [5.41, 5.74) is 0.481. The number of rotatable bonds is 4. The number of hydrogen-bond donors (Lipinski definition) is 0. The van der Waals surface area contributed by atoms with Gasteiger partial charge in [0.05, 0.1) is 19.3 Å². The van der Waals surface area contributed by atoms with Crippen LogP contribution in [-0.2, 0) is 4.74 Å². The first kappa shape index (κ1) is 13.4. The van der Waals surface area contributed by atoms with Gasteiger partial charge in [0.2, 0.25) is 0 Å². The maximum absolute atomic E-state index is 10.9. The summed E-state index contributed by atoms with van der Waals surface area (Å²) in [6.45, 7) is 0.732. The SMILES string of the molecule is COc1cc(OC2CCCCO2)cc(Br)c1C=O. The number of benzene rings is 1. The van der Waals surface area contributed by atoms with Gasteiger partial charge in [-0.2, -0.15) is 0 Å². The number of carbonyl (C=O) groups excluding carboxylic acids is 1. The minimum Gasteiger partial charge on any atom is -0.496 e. The van der Waals surface area contributed by atoms with Crippen LogP contribution < -0.4 is 9.47 Å². The van der Waals surface area contributed by atoms with Gasteiger partial charge in [0.25, 0.3) is 0 Å². The van der Waals surface area contributed by atoms with Crippen molar-refractivity contribution < 1.29 is 19.0 Å². The molecule has 5 heteroatoms. The molecule has 1 aromatic rings. The van der Waals surface area contributed by atoms with E-state index in [0.717, 1.165) is 32.2 Å². The Morgan fingerprint density at radius 2 is 2.28 bits per heavy atom. The molecule has 1 saturated heterocycles. The van der Waals surface area contributed by atoms with E-state index in [9.17, 15) is 4.79 Å². The topological polar surface area (TPSA) is 44.8 Å². The quantitative estimate of drug-likeness (QED) is 0.801. The lowest BCUT2D eigenvalue weighted by atomic mass is 10.2. The van der Waals surface area contributed by atoms with Gasteiger partial charge >= 0.3 is 0 Å². The molecule has 4 nitrogen and oxygen atoms in total. The number of hydrogen-bond acceptors (Lipinski definition) is 4. The van der Waals surface area contributed by atoms with Crippen LogP contribution in [0.3, 0.4) is 0 Å². The minimum atomic E-state index is -0.211. The van der Waals surface area contributed by atoms with Gasteiger partial charge in [0, 0.05) is 17.0 Å². The van der Waals surface area contributed by atoms with Crippen molar-refractivity contribution in [1.82, 2.24) is 0 Å². The molecular weight excluding hydrogens is 300 g/mol. The molecule has 0 saturated carbocycles. The second kappa shape index (κ2) is 6.20. The normalized spacial score (nSPS) is 19.3. The number of ether oxygens (including phenoxy) is 3. The molecular formula is C13H15BrO4. The van der Waals surface area contributed by atoms with Crippen LogP contribution in [-0.4, -0.2) is 26.3 Å². The third kappa shape index (κ3) is 3.03. The highest BCUT2D eigenvalue weighted by Crippen LogP contribution is 2.32. The molecule has 0 radical (unpaired) electrons. The summed E-state index contributed by atoms with van der Waals surface area (Å²) in [6.07, 6.45) is 3.61. The lowest BCUT2D eigenvalue weighted by Gasteiger charge is -2.24. The number of halogens is 1. The predicted molar refractivity (Wildman–Crippen MR) is 70.3 cm³/mol. The molecule has 0 aliphatic carbocycles. The Bertz CT molecular complexity index is 427. The smallest absolute Gasteiger partial charge is 0.199 e. The summed E-state index contributed by atoms with van der Waals surface area (Å²) in [4.78, 5) is 10.9. The highest BCUT2D eigenvalue weighted by Gasteiger charge is 2.17. The zero-order valence-corrected chi connectivity index (χ0v) is 11.7. The lowest BCUT2D eigenvalue weighted by Crippen LogP contribution is -2.25. The van der Waals surface area contributed by atoms with Crippen molar-refractivity contribution in [3.05, 3.63) is 22.2 Å². The van der Waals surface area contributed by atoms with Gasteiger partial charge in [-0.25, -0.2) is 0 Å². The molecule has 1 aromatic carbocycles. The zero-order valence-electron chi connectivity index (χ0n) is 10.1. The second-order valence-corrected chi connectivity index (χ2v) is 4.91. The average Bonchev–Trinajstić information content (AvgIpc) is 2.39. The number of carbonyl (C=O) groups is 1. The van der Waals surface area contributed by atoms with E-state index < -0.39 is 0 Å². The first-order valence-corrected chi connectivity index (χ1v) is 6.65. The van der Waals surface area contributed by atoms with Gasteiger partial charge < -0.3 is 14.2 Å². The molecule has 0 bridgehead atoms. The molecule has 2 rings (SSSR count). The Kier molecular flexibility index (Phi) is 4.60. The molecule has 1 heterocycles. The molecule has 1 aliphatic rings. The van der Waals surface area contributed by atoms with Crippen LogP contribution in [0.15, 0.2) is 16.6 Å². The van der Waals surface area contributed by atoms with Gasteiger partial charge in [0.15, 0.2) is 12.6 Å². The molecule has 0 amide bonds. The Morgan fingerprint density at radius 3 is 2.89 bits per heavy atom. The number of methoxy groups -OCH3 is 1. The summed E-state index contributed by atoms with van der Waals surface area (Å²) in [7, 11) is 1.52. The third-order valence-corrected chi connectivity index (χ3v) is 3.46. The van der Waals surface area contributed by atoms with Crippen LogP contribution in [0, 0.1) is 0 Å². The molecule has 1 aliphatic heterocycles. The van der Waals surface area contributed by atoms with E-state index >= 15 is 0 Å². The van der Waals surface area contributed by atoms with Crippen molar-refractivity contribution in [3.63, 3.8) is 0 Å². The first-order valence-electron chi connectivity index (χ1n) is 5.85. The Hall–Kier alpha value is -1.07. The molecule has 1 atom stereocenters. The van der Waals surface area contributed by atoms with Crippen LogP contribution in [0.1, 0.15) is 29.6 Å². The van der Waals surface area contributed by atoms with Crippen molar-refractivity contribution >= 4 is 22.2 Å². The average molecular weight is 315 g/mol. The Morgan fingerprint density at radius 1 is 1.44 bits per heavy atom. The van der Waals surface area contributed by atoms with Gasteiger partial charge in [-0.3, -0.25) is 4.79 Å². The highest BCUT2D eigenvalue weighted by molar-refractivity contribution is 9.10. The largest absolute Gasteiger partial charge is 0.496 e. The lowest BCUT2D eigenvalue weighted by molar-refractivity contribution is -0.105. The van der Waals surface area contributed by atoms with E-state index in [1.807, 2.05) is 0 Å². The van der Waals surface area contributed by atoms with E-state index in [1.54, 1.807) is 12.1 Å². The highest BCUT2D eigenvalue weighted by atomic mass is 79.9. The standard InChI is InChI=1S/C13H15BrO4/c1-16-12-7-9(6-11(14)10(12)8-15)18-13-4-2-3-5-17-13/h6-8,13H,2-5H2,1H3. The molecule has 0 N–H and O–H groups in total. The molecule has 98 valence electrons. The van der Waals surface area contributed by atoms with Crippen molar-refractivity contribution in [2.75, 3.05) is 13.7 Å². The van der Waals surface area contributed by atoms with Gasteiger partial charge in [-0.15, -0.1) is 0 Å². The fourth-order valence-electron chi connectivity index (χ4n) is 1.88. The van der Waals surface area contributed by atoms with Crippen LogP contribution in [0.5, 0.6) is 11.5 Å². The van der Waals surface area contributed by atoms with Crippen molar-refractivity contribution in [2.45, 2.75) is 25.6 Å². The monoisotopic (exact) mass is 314 g/mol. The molecule has 1 fully saturated rings. The van der Waals surface area contributed by atoms with Crippen molar-refractivity contribution in [1.29, 1.82) is 0 Å². The zero-order chi connectivity index (χ0) is 13.0. The van der Waals surface area contributed by atoms with Crippen LogP contribution >= 0.6 is 15.9 Å². The molecule has 1 unspecified atom stereocenters. The van der Waals surface area contributed by atoms with Crippen molar-refractivity contribution in [3.8, 4) is 11.5 Å². The maximum atomic E-state index is 10.9. The van der Waals surface area contributed by atoms with E-state index in [0.29, 0.717) is 21.5 Å². The van der Waals surface area contributed by atoms with Crippen LogP contribution in [0.2, 0.25) is 0 Å². The fourth-order valence-corrected chi connectivity index (χ4v) is 2.39. The number of aldehydes is 1. The Balaban J connectivity index is 2.17. The van der Waals surface area contributed by atoms with Crippen LogP contribution in [0.25, 0.3) is 0 Å². The summed E-state index contributed by atoms with van der Waals surface area (Å²) < 4.78 is 17.1. The molecule has 0 spiro atoms. The maximum Gasteiger partial charge on any atom is 0.199 e. The first-order chi connectivity index (χ1) is 8.74.